The number of rotatable bonds is 9. The minimum Gasteiger partial charge on any atom is -0.396 e. The smallest absolute Gasteiger partial charge is 0.238 e. The first-order chi connectivity index (χ1) is 20.4. The molecule has 1 atom stereocenters. The Morgan fingerprint density at radius 3 is 2.67 bits per heavy atom. The minimum atomic E-state index is -0.0991. The highest BCUT2D eigenvalue weighted by molar-refractivity contribution is 7.99. The highest BCUT2D eigenvalue weighted by Crippen LogP contribution is 2.29. The van der Waals surface area contributed by atoms with Crippen molar-refractivity contribution in [2.45, 2.75) is 36.2 Å². The van der Waals surface area contributed by atoms with Gasteiger partial charge in [-0.2, -0.15) is 5.10 Å². The van der Waals surface area contributed by atoms with Crippen molar-refractivity contribution in [1.29, 1.82) is 0 Å². The Hall–Kier alpha value is -3.94. The number of piperidine rings is 1. The first-order valence-corrected chi connectivity index (χ1v) is 15.1. The highest BCUT2D eigenvalue weighted by atomic mass is 32.2. The van der Waals surface area contributed by atoms with Crippen molar-refractivity contribution in [3.8, 4) is 0 Å². The maximum atomic E-state index is 12.9. The fourth-order valence-corrected chi connectivity index (χ4v) is 6.29. The zero-order valence-electron chi connectivity index (χ0n) is 23.5. The Balaban J connectivity index is 1.01. The monoisotopic (exact) mass is 589 g/mol. The molecule has 4 N–H and O–H groups in total. The zero-order valence-corrected chi connectivity index (χ0v) is 24.3. The van der Waals surface area contributed by atoms with Gasteiger partial charge in [-0.1, -0.05) is 0 Å². The summed E-state index contributed by atoms with van der Waals surface area (Å²) in [4.78, 5) is 35.3. The molecule has 4 aromatic rings. The van der Waals surface area contributed by atoms with E-state index in [-0.39, 0.29) is 30.9 Å². The van der Waals surface area contributed by atoms with Gasteiger partial charge >= 0.3 is 0 Å². The van der Waals surface area contributed by atoms with Gasteiger partial charge in [-0.05, 0) is 86.8 Å². The standard InChI is InChI=1S/C29H35N9O3S/c1-19-15-25(34-33-19)31-27-24-3-2-11-38(24)35-29(32-27)42-23-6-4-22(5-7-23)30-26(40)17-36-12-10-21(16-36)28(41)37-13-8-20(18-39)9-14-37/h2-7,11,15,20-21,39H,8-10,12-14,16-18H2,1H3,(H,30,40)(H2,31,32,33,34,35)/t21-/m0/s1. The number of aliphatic hydroxyl groups is 1. The third-order valence-electron chi connectivity index (χ3n) is 7.84. The molecule has 13 heteroatoms. The number of amides is 2. The lowest BCUT2D eigenvalue weighted by Gasteiger charge is -2.32. The van der Waals surface area contributed by atoms with Crippen molar-refractivity contribution in [2.75, 3.05) is 50.0 Å². The molecule has 0 unspecified atom stereocenters. The van der Waals surface area contributed by atoms with Crippen molar-refractivity contribution < 1.29 is 14.7 Å². The SMILES string of the molecule is Cc1cc(Nc2nc(Sc3ccc(NC(=O)CN4CC[C@H](C(=O)N5CCC(CO)CC5)C4)cc3)nn3cccc23)n[nH]1. The van der Waals surface area contributed by atoms with Gasteiger partial charge in [0.15, 0.2) is 11.6 Å². The molecule has 5 heterocycles. The van der Waals surface area contributed by atoms with Gasteiger partial charge in [0.2, 0.25) is 17.0 Å². The number of aryl methyl sites for hydroxylation is 1. The number of H-pyrrole nitrogens is 1. The van der Waals surface area contributed by atoms with E-state index < -0.39 is 0 Å². The van der Waals surface area contributed by atoms with E-state index in [1.807, 2.05) is 65.4 Å². The molecule has 2 saturated heterocycles. The molecule has 0 bridgehead atoms. The number of nitrogens with zero attached hydrogens (tertiary/aromatic N) is 6. The van der Waals surface area contributed by atoms with Crippen LogP contribution in [0.3, 0.4) is 0 Å². The minimum absolute atomic E-state index is 0.0631. The van der Waals surface area contributed by atoms with E-state index in [4.69, 9.17) is 4.98 Å². The second-order valence-corrected chi connectivity index (χ2v) is 12.0. The summed E-state index contributed by atoms with van der Waals surface area (Å²) in [5.74, 6) is 1.66. The molecule has 0 saturated carbocycles. The van der Waals surface area contributed by atoms with E-state index in [1.54, 1.807) is 4.52 Å². The molecule has 0 radical (unpaired) electrons. The van der Waals surface area contributed by atoms with Crippen LogP contribution in [0.1, 0.15) is 25.0 Å². The van der Waals surface area contributed by atoms with Crippen LogP contribution in [0.4, 0.5) is 17.3 Å². The number of anilines is 3. The maximum absolute atomic E-state index is 12.9. The number of carbonyl (C=O) groups excluding carboxylic acids is 2. The number of hydrogen-bond acceptors (Lipinski definition) is 9. The van der Waals surface area contributed by atoms with E-state index in [2.05, 4.69) is 25.9 Å². The lowest BCUT2D eigenvalue weighted by molar-refractivity contribution is -0.136. The van der Waals surface area contributed by atoms with Gasteiger partial charge in [0.05, 0.1) is 12.5 Å². The van der Waals surface area contributed by atoms with Crippen LogP contribution in [0, 0.1) is 18.8 Å². The summed E-state index contributed by atoms with van der Waals surface area (Å²) in [6.45, 7) is 5.15. The molecule has 3 aromatic heterocycles. The number of carbonyl (C=O) groups is 2. The Labute approximate surface area is 247 Å². The molecule has 2 aliphatic rings. The summed E-state index contributed by atoms with van der Waals surface area (Å²) in [6, 6.07) is 13.4. The molecule has 12 nitrogen and oxygen atoms in total. The highest BCUT2D eigenvalue weighted by Gasteiger charge is 2.33. The van der Waals surface area contributed by atoms with E-state index in [0.717, 1.165) is 41.9 Å². The van der Waals surface area contributed by atoms with E-state index in [1.165, 1.54) is 11.8 Å². The molecule has 2 amide bonds. The average molecular weight is 590 g/mol. The van der Waals surface area contributed by atoms with Crippen LogP contribution in [0.2, 0.25) is 0 Å². The van der Waals surface area contributed by atoms with Gasteiger partial charge in [-0.3, -0.25) is 19.6 Å². The number of aromatic nitrogens is 5. The number of benzene rings is 1. The van der Waals surface area contributed by atoms with Gasteiger partial charge in [0.25, 0.3) is 0 Å². The Morgan fingerprint density at radius 2 is 1.93 bits per heavy atom. The van der Waals surface area contributed by atoms with Gasteiger partial charge < -0.3 is 20.6 Å². The third-order valence-corrected chi connectivity index (χ3v) is 8.71. The fourth-order valence-electron chi connectivity index (χ4n) is 5.54. The zero-order chi connectivity index (χ0) is 29.1. The van der Waals surface area contributed by atoms with Crippen LogP contribution < -0.4 is 10.6 Å². The second kappa shape index (κ2) is 12.5. The summed E-state index contributed by atoms with van der Waals surface area (Å²) in [5, 5.41) is 27.9. The first-order valence-electron chi connectivity index (χ1n) is 14.3. The Morgan fingerprint density at radius 1 is 1.12 bits per heavy atom. The molecule has 6 rings (SSSR count). The van der Waals surface area contributed by atoms with Crippen molar-refractivity contribution in [3.63, 3.8) is 0 Å². The van der Waals surface area contributed by atoms with Crippen molar-refractivity contribution >= 4 is 46.4 Å². The van der Waals surface area contributed by atoms with Gasteiger partial charge in [-0.25, -0.2) is 9.50 Å². The molecule has 0 aliphatic carbocycles. The van der Waals surface area contributed by atoms with Crippen LogP contribution in [0.5, 0.6) is 0 Å². The first kappa shape index (κ1) is 28.2. The van der Waals surface area contributed by atoms with Crippen LogP contribution in [-0.4, -0.2) is 90.8 Å². The molecule has 220 valence electrons. The third kappa shape index (κ3) is 6.58. The summed E-state index contributed by atoms with van der Waals surface area (Å²) in [7, 11) is 0. The van der Waals surface area contributed by atoms with Gasteiger partial charge in [0.1, 0.15) is 5.52 Å². The lowest BCUT2D eigenvalue weighted by Crippen LogP contribution is -2.43. The molecule has 2 fully saturated rings. The number of fused-ring (bicyclic) bond motifs is 1. The van der Waals surface area contributed by atoms with E-state index in [9.17, 15) is 14.7 Å². The van der Waals surface area contributed by atoms with Crippen molar-refractivity contribution in [1.82, 2.24) is 34.6 Å². The number of nitrogens with one attached hydrogen (secondary N) is 3. The summed E-state index contributed by atoms with van der Waals surface area (Å²) >= 11 is 1.42. The van der Waals surface area contributed by atoms with E-state index >= 15 is 0 Å². The normalized spacial score (nSPS) is 18.0. The van der Waals surface area contributed by atoms with Crippen LogP contribution in [-0.2, 0) is 9.59 Å². The van der Waals surface area contributed by atoms with Crippen LogP contribution >= 0.6 is 11.8 Å². The number of aliphatic hydroxyl groups excluding tert-OH is 1. The second-order valence-electron chi connectivity index (χ2n) is 11.0. The summed E-state index contributed by atoms with van der Waals surface area (Å²) < 4.78 is 1.78. The number of aromatic amines is 1. The molecule has 0 spiro atoms. The molecule has 2 aliphatic heterocycles. The molecular formula is C29H35N9O3S. The Bertz CT molecular complexity index is 1550. The average Bonchev–Trinajstić information content (AvgIpc) is 3.75. The lowest BCUT2D eigenvalue weighted by atomic mass is 9.96. The quantitative estimate of drug-likeness (QED) is 0.231. The molecular weight excluding hydrogens is 554 g/mol. The predicted molar refractivity (Wildman–Crippen MR) is 160 cm³/mol. The largest absolute Gasteiger partial charge is 0.396 e. The van der Waals surface area contributed by atoms with E-state index in [0.29, 0.717) is 48.0 Å². The molecule has 1 aromatic carbocycles. The van der Waals surface area contributed by atoms with Crippen LogP contribution in [0.25, 0.3) is 5.52 Å². The van der Waals surface area contributed by atoms with Crippen molar-refractivity contribution in [3.05, 3.63) is 54.4 Å². The van der Waals surface area contributed by atoms with Gasteiger partial charge in [0, 0.05) is 54.8 Å². The summed E-state index contributed by atoms with van der Waals surface area (Å²) in [6.07, 6.45) is 4.36. The molecule has 42 heavy (non-hydrogen) atoms. The Kier molecular flexibility index (Phi) is 8.40. The van der Waals surface area contributed by atoms with Crippen molar-refractivity contribution in [2.24, 2.45) is 11.8 Å². The maximum Gasteiger partial charge on any atom is 0.238 e. The fraction of sp³-hybridized carbons (Fsp3) is 0.414. The van der Waals surface area contributed by atoms with Gasteiger partial charge in [-0.15, -0.1) is 5.10 Å². The number of hydrogen-bond donors (Lipinski definition) is 4. The topological polar surface area (TPSA) is 144 Å². The predicted octanol–water partition coefficient (Wildman–Crippen LogP) is 3.15. The summed E-state index contributed by atoms with van der Waals surface area (Å²) in [5.41, 5.74) is 2.50. The number of likely N-dealkylation sites (tertiary alicyclic amines) is 2. The van der Waals surface area contributed by atoms with Crippen LogP contribution in [0.15, 0.2) is 58.7 Å².